The van der Waals surface area contributed by atoms with E-state index in [0.29, 0.717) is 17.7 Å². The van der Waals surface area contributed by atoms with E-state index >= 15 is 0 Å². The lowest BCUT2D eigenvalue weighted by Crippen LogP contribution is -2.09. The van der Waals surface area contributed by atoms with Crippen LogP contribution in [0.5, 0.6) is 5.75 Å². The van der Waals surface area contributed by atoms with Gasteiger partial charge in [0.15, 0.2) is 0 Å². The van der Waals surface area contributed by atoms with Crippen molar-refractivity contribution in [3.05, 3.63) is 39.9 Å². The SMILES string of the molecule is CCOC(=O)c1c2cccc(Br)cc-2c(C(=O)OC)c1OCC. The third-order valence-corrected chi connectivity index (χ3v) is 3.73. The molecule has 2 rings (SSSR count). The fraction of sp³-hybridized carbons (Fsp3) is 0.294. The van der Waals surface area contributed by atoms with Gasteiger partial charge in [-0.25, -0.2) is 9.59 Å². The van der Waals surface area contributed by atoms with Gasteiger partial charge in [0.25, 0.3) is 0 Å². The number of methoxy groups -OCH3 is 1. The number of ether oxygens (including phenoxy) is 3. The quantitative estimate of drug-likeness (QED) is 0.735. The second kappa shape index (κ2) is 7.46. The van der Waals surface area contributed by atoms with Gasteiger partial charge in [-0.2, -0.15) is 0 Å². The van der Waals surface area contributed by atoms with Gasteiger partial charge in [-0.05, 0) is 26.0 Å². The molecule has 0 atom stereocenters. The predicted octanol–water partition coefficient (Wildman–Crippen LogP) is 3.92. The van der Waals surface area contributed by atoms with Gasteiger partial charge in [-0.3, -0.25) is 0 Å². The third kappa shape index (κ3) is 3.32. The molecule has 2 aliphatic rings. The van der Waals surface area contributed by atoms with Crippen LogP contribution in [0.4, 0.5) is 0 Å². The number of carbonyl (C=O) groups excluding carboxylic acids is 2. The zero-order valence-corrected chi connectivity index (χ0v) is 14.7. The van der Waals surface area contributed by atoms with Crippen LogP contribution >= 0.6 is 15.9 Å². The van der Waals surface area contributed by atoms with Crippen molar-refractivity contribution in [2.24, 2.45) is 0 Å². The van der Waals surface area contributed by atoms with Crippen LogP contribution in [0.25, 0.3) is 11.1 Å². The Morgan fingerprint density at radius 2 is 1.74 bits per heavy atom. The lowest BCUT2D eigenvalue weighted by atomic mass is 10.1. The molecule has 0 radical (unpaired) electrons. The van der Waals surface area contributed by atoms with E-state index in [9.17, 15) is 9.59 Å². The van der Waals surface area contributed by atoms with Crippen molar-refractivity contribution in [1.29, 1.82) is 0 Å². The zero-order chi connectivity index (χ0) is 17.0. The number of carbonyl (C=O) groups is 2. The lowest BCUT2D eigenvalue weighted by molar-refractivity contribution is 0.0523. The standard InChI is InChI=1S/C17H17BrO5/c1-4-22-15-13(17(20)23-5-2)11-8-6-7-10(18)9-12(11)14(15)16(19)21-3/h6-9H,4-5H2,1-3H3. The van der Waals surface area contributed by atoms with Gasteiger partial charge in [0.1, 0.15) is 16.9 Å². The molecule has 0 saturated carbocycles. The maximum absolute atomic E-state index is 12.4. The van der Waals surface area contributed by atoms with Gasteiger partial charge < -0.3 is 14.2 Å². The molecular weight excluding hydrogens is 364 g/mol. The third-order valence-electron chi connectivity index (χ3n) is 3.24. The van der Waals surface area contributed by atoms with Crippen LogP contribution in [0, 0.1) is 0 Å². The molecule has 0 aromatic heterocycles. The number of hydrogen-bond acceptors (Lipinski definition) is 5. The van der Waals surface area contributed by atoms with Crippen LogP contribution in [0.3, 0.4) is 0 Å². The highest BCUT2D eigenvalue weighted by Gasteiger charge is 2.33. The Bertz CT molecular complexity index is 711. The Labute approximate surface area is 143 Å². The first kappa shape index (κ1) is 17.3. The minimum Gasteiger partial charge on any atom is -0.492 e. The molecule has 2 aliphatic carbocycles. The maximum Gasteiger partial charge on any atom is 0.342 e. The number of rotatable bonds is 5. The number of esters is 2. The highest BCUT2D eigenvalue weighted by Crippen LogP contribution is 2.43. The molecular formula is C17H17BrO5. The molecule has 6 heteroatoms. The Morgan fingerprint density at radius 1 is 1.04 bits per heavy atom. The smallest absolute Gasteiger partial charge is 0.342 e. The molecule has 0 bridgehead atoms. The molecule has 0 saturated heterocycles. The molecule has 122 valence electrons. The molecule has 0 aromatic rings. The molecule has 0 fully saturated rings. The van der Waals surface area contributed by atoms with Crippen molar-refractivity contribution in [1.82, 2.24) is 0 Å². The topological polar surface area (TPSA) is 61.8 Å². The van der Waals surface area contributed by atoms with Crippen LogP contribution in [0.2, 0.25) is 0 Å². The fourth-order valence-corrected chi connectivity index (χ4v) is 2.77. The summed E-state index contributed by atoms with van der Waals surface area (Å²) in [6.07, 6.45) is 0. The van der Waals surface area contributed by atoms with Gasteiger partial charge in [0, 0.05) is 15.6 Å². The first-order valence-corrected chi connectivity index (χ1v) is 7.97. The van der Waals surface area contributed by atoms with Crippen molar-refractivity contribution in [3.63, 3.8) is 0 Å². The van der Waals surface area contributed by atoms with E-state index in [-0.39, 0.29) is 23.5 Å². The van der Waals surface area contributed by atoms with E-state index in [1.807, 2.05) is 6.07 Å². The van der Waals surface area contributed by atoms with Gasteiger partial charge >= 0.3 is 11.9 Å². The second-order valence-corrected chi connectivity index (χ2v) is 5.52. The van der Waals surface area contributed by atoms with E-state index in [1.165, 1.54) is 7.11 Å². The molecule has 0 unspecified atom stereocenters. The van der Waals surface area contributed by atoms with Crippen LogP contribution in [0.15, 0.2) is 28.7 Å². The average molecular weight is 381 g/mol. The van der Waals surface area contributed by atoms with Crippen molar-refractivity contribution < 1.29 is 23.8 Å². The largest absolute Gasteiger partial charge is 0.492 e. The Balaban J connectivity index is 2.84. The molecule has 0 amide bonds. The minimum atomic E-state index is -0.563. The Hall–Kier alpha value is -2.08. The number of halogens is 1. The van der Waals surface area contributed by atoms with E-state index in [1.54, 1.807) is 32.0 Å². The van der Waals surface area contributed by atoms with Crippen LogP contribution in [0.1, 0.15) is 34.6 Å². The van der Waals surface area contributed by atoms with Crippen LogP contribution < -0.4 is 4.74 Å². The molecule has 0 spiro atoms. The van der Waals surface area contributed by atoms with Crippen LogP contribution in [-0.4, -0.2) is 32.3 Å². The molecule has 0 aromatic carbocycles. The van der Waals surface area contributed by atoms with Gasteiger partial charge in [-0.15, -0.1) is 0 Å². The molecule has 5 nitrogen and oxygen atoms in total. The summed E-state index contributed by atoms with van der Waals surface area (Å²) in [5, 5.41) is 0. The summed E-state index contributed by atoms with van der Waals surface area (Å²) >= 11 is 3.40. The first-order valence-electron chi connectivity index (χ1n) is 7.18. The van der Waals surface area contributed by atoms with Gasteiger partial charge in [0.05, 0.1) is 20.3 Å². The number of fused-ring (bicyclic) bond motifs is 1. The van der Waals surface area contributed by atoms with Gasteiger partial charge in [-0.1, -0.05) is 28.1 Å². The van der Waals surface area contributed by atoms with E-state index < -0.39 is 11.9 Å². The Kier molecular flexibility index (Phi) is 5.60. The molecule has 0 aliphatic heterocycles. The highest BCUT2D eigenvalue weighted by atomic mass is 79.9. The Morgan fingerprint density at radius 3 is 2.35 bits per heavy atom. The fourth-order valence-electron chi connectivity index (χ4n) is 2.38. The maximum atomic E-state index is 12.4. The molecule has 0 heterocycles. The second-order valence-electron chi connectivity index (χ2n) is 4.61. The molecule has 23 heavy (non-hydrogen) atoms. The summed E-state index contributed by atoms with van der Waals surface area (Å²) in [5.41, 5.74) is 1.62. The summed E-state index contributed by atoms with van der Waals surface area (Å²) in [5.74, 6) is -0.892. The summed E-state index contributed by atoms with van der Waals surface area (Å²) in [6, 6.07) is 7.11. The van der Waals surface area contributed by atoms with Gasteiger partial charge in [0.2, 0.25) is 0 Å². The van der Waals surface area contributed by atoms with Crippen LogP contribution in [-0.2, 0) is 9.47 Å². The van der Waals surface area contributed by atoms with E-state index in [4.69, 9.17) is 14.2 Å². The lowest BCUT2D eigenvalue weighted by Gasteiger charge is -2.07. The summed E-state index contributed by atoms with van der Waals surface area (Å²) < 4.78 is 16.4. The number of hydrogen-bond donors (Lipinski definition) is 0. The highest BCUT2D eigenvalue weighted by molar-refractivity contribution is 9.10. The first-order chi connectivity index (χ1) is 11.0. The average Bonchev–Trinajstić information content (AvgIpc) is 2.68. The van der Waals surface area contributed by atoms with E-state index in [0.717, 1.165) is 4.47 Å². The normalized spacial score (nSPS) is 10.4. The van der Waals surface area contributed by atoms with Crippen molar-refractivity contribution in [2.45, 2.75) is 13.8 Å². The van der Waals surface area contributed by atoms with Crippen molar-refractivity contribution in [2.75, 3.05) is 20.3 Å². The summed E-state index contributed by atoms with van der Waals surface area (Å²) in [7, 11) is 1.29. The van der Waals surface area contributed by atoms with Crippen molar-refractivity contribution in [3.8, 4) is 16.9 Å². The summed E-state index contributed by atoms with van der Waals surface area (Å²) in [6.45, 7) is 4.04. The summed E-state index contributed by atoms with van der Waals surface area (Å²) in [4.78, 5) is 24.7. The predicted molar refractivity (Wildman–Crippen MR) is 89.2 cm³/mol. The minimum absolute atomic E-state index is 0.200. The molecule has 0 N–H and O–H groups in total. The van der Waals surface area contributed by atoms with E-state index in [2.05, 4.69) is 15.9 Å². The van der Waals surface area contributed by atoms with Crippen molar-refractivity contribution >= 4 is 27.9 Å². The monoisotopic (exact) mass is 380 g/mol. The zero-order valence-electron chi connectivity index (χ0n) is 13.1.